The lowest BCUT2D eigenvalue weighted by Crippen LogP contribution is -2.24. The Morgan fingerprint density at radius 3 is 2.36 bits per heavy atom. The topological polar surface area (TPSA) is 0 Å². The quantitative estimate of drug-likeness (QED) is 0.571. The minimum Gasteiger partial charge on any atom is -0.126 e. The van der Waals surface area contributed by atoms with E-state index in [1.807, 2.05) is 0 Å². The van der Waals surface area contributed by atoms with E-state index in [0.29, 0.717) is 5.41 Å². The van der Waals surface area contributed by atoms with Crippen LogP contribution in [-0.4, -0.2) is 5.88 Å². The first-order chi connectivity index (χ1) is 5.29. The van der Waals surface area contributed by atoms with Crippen molar-refractivity contribution in [2.45, 2.75) is 46.0 Å². The number of halogens is 1. The molecule has 1 atom stereocenters. The van der Waals surface area contributed by atoms with E-state index < -0.39 is 0 Å². The molecule has 11 heavy (non-hydrogen) atoms. The predicted molar refractivity (Wildman–Crippen MR) is 51.1 cm³/mol. The zero-order chi connectivity index (χ0) is 8.32. The van der Waals surface area contributed by atoms with Gasteiger partial charge in [-0.25, -0.2) is 0 Å². The van der Waals surface area contributed by atoms with Gasteiger partial charge in [0.05, 0.1) is 0 Å². The molecule has 0 bridgehead atoms. The van der Waals surface area contributed by atoms with E-state index in [1.54, 1.807) is 0 Å². The summed E-state index contributed by atoms with van der Waals surface area (Å²) >= 11 is 5.95. The van der Waals surface area contributed by atoms with Crippen molar-refractivity contribution in [2.24, 2.45) is 11.3 Å². The molecule has 0 aromatic rings. The lowest BCUT2D eigenvalue weighted by Gasteiger charge is -2.32. The van der Waals surface area contributed by atoms with Crippen molar-refractivity contribution in [3.8, 4) is 0 Å². The Balaban J connectivity index is 2.63. The fourth-order valence-corrected chi connectivity index (χ4v) is 3.11. The Kier molecular flexibility index (Phi) is 3.24. The van der Waals surface area contributed by atoms with Crippen molar-refractivity contribution < 1.29 is 0 Å². The van der Waals surface area contributed by atoms with E-state index in [9.17, 15) is 0 Å². The van der Waals surface area contributed by atoms with Crippen LogP contribution in [0.25, 0.3) is 0 Å². The first-order valence-corrected chi connectivity index (χ1v) is 5.38. The Bertz CT molecular complexity index is 116. The molecule has 1 unspecified atom stereocenters. The molecule has 0 aromatic carbocycles. The molecule has 0 aromatic heterocycles. The number of rotatable bonds is 3. The molecular weight excluding hydrogens is 156 g/mol. The third-order valence-corrected chi connectivity index (χ3v) is 4.06. The van der Waals surface area contributed by atoms with Gasteiger partial charge in [-0.15, -0.1) is 11.6 Å². The molecule has 0 nitrogen and oxygen atoms in total. The van der Waals surface area contributed by atoms with E-state index in [0.717, 1.165) is 11.8 Å². The van der Waals surface area contributed by atoms with Crippen molar-refractivity contribution in [3.05, 3.63) is 0 Å². The van der Waals surface area contributed by atoms with Crippen molar-refractivity contribution in [1.82, 2.24) is 0 Å². The molecule has 1 aliphatic rings. The maximum Gasteiger partial charge on any atom is 0.0257 e. The molecule has 0 heterocycles. The second-order valence-electron chi connectivity index (χ2n) is 3.81. The lowest BCUT2D eigenvalue weighted by molar-refractivity contribution is 0.198. The second-order valence-corrected chi connectivity index (χ2v) is 4.12. The van der Waals surface area contributed by atoms with Gasteiger partial charge >= 0.3 is 0 Å². The summed E-state index contributed by atoms with van der Waals surface area (Å²) in [6, 6.07) is 0. The molecule has 66 valence electrons. The van der Waals surface area contributed by atoms with Crippen LogP contribution in [-0.2, 0) is 0 Å². The average Bonchev–Trinajstić information content (AvgIpc) is 2.47. The van der Waals surface area contributed by atoms with Crippen LogP contribution in [0.2, 0.25) is 0 Å². The Morgan fingerprint density at radius 2 is 2.00 bits per heavy atom. The van der Waals surface area contributed by atoms with Crippen LogP contribution >= 0.6 is 11.6 Å². The summed E-state index contributed by atoms with van der Waals surface area (Å²) in [5.74, 6) is 1.68. The fourth-order valence-electron chi connectivity index (χ4n) is 2.63. The molecule has 1 aliphatic carbocycles. The van der Waals surface area contributed by atoms with Crippen LogP contribution in [0.15, 0.2) is 0 Å². The molecule has 0 saturated heterocycles. The van der Waals surface area contributed by atoms with Crippen LogP contribution in [0.3, 0.4) is 0 Å². The molecule has 1 fully saturated rings. The van der Waals surface area contributed by atoms with Gasteiger partial charge in [0, 0.05) is 5.88 Å². The molecule has 0 radical (unpaired) electrons. The molecule has 0 amide bonds. The Morgan fingerprint density at radius 1 is 1.36 bits per heavy atom. The van der Waals surface area contributed by atoms with Crippen LogP contribution in [0.5, 0.6) is 0 Å². The molecule has 1 saturated carbocycles. The summed E-state index contributed by atoms with van der Waals surface area (Å²) in [7, 11) is 0. The van der Waals surface area contributed by atoms with Crippen LogP contribution < -0.4 is 0 Å². The monoisotopic (exact) mass is 174 g/mol. The van der Waals surface area contributed by atoms with Gasteiger partial charge in [-0.05, 0) is 24.2 Å². The maximum absolute atomic E-state index is 5.95. The molecule has 0 aliphatic heterocycles. The first kappa shape index (κ1) is 9.38. The van der Waals surface area contributed by atoms with Gasteiger partial charge in [-0.1, -0.05) is 33.1 Å². The Hall–Kier alpha value is 0.290. The molecule has 0 N–H and O–H groups in total. The highest BCUT2D eigenvalue weighted by Gasteiger charge is 2.38. The highest BCUT2D eigenvalue weighted by Crippen LogP contribution is 2.48. The van der Waals surface area contributed by atoms with Crippen molar-refractivity contribution >= 4 is 11.6 Å². The molecule has 1 rings (SSSR count). The minimum atomic E-state index is 0.613. The summed E-state index contributed by atoms with van der Waals surface area (Å²) < 4.78 is 0. The smallest absolute Gasteiger partial charge is 0.0257 e. The standard InChI is InChI=1S/C10H19Cl/c1-3-10(4-2)7-5-6-9(10)8-11/h9H,3-8H2,1-2H3. The summed E-state index contributed by atoms with van der Waals surface area (Å²) in [5, 5.41) is 0. The summed E-state index contributed by atoms with van der Waals surface area (Å²) in [6.45, 7) is 4.63. The third-order valence-electron chi connectivity index (χ3n) is 3.69. The fraction of sp³-hybridized carbons (Fsp3) is 1.00. The number of hydrogen-bond donors (Lipinski definition) is 0. The lowest BCUT2D eigenvalue weighted by atomic mass is 9.74. The van der Waals surface area contributed by atoms with Crippen LogP contribution in [0.4, 0.5) is 0 Å². The SMILES string of the molecule is CCC1(CC)CCCC1CCl. The van der Waals surface area contributed by atoms with E-state index >= 15 is 0 Å². The number of hydrogen-bond acceptors (Lipinski definition) is 0. The predicted octanol–water partition coefficient (Wildman–Crippen LogP) is 3.83. The van der Waals surface area contributed by atoms with E-state index in [-0.39, 0.29) is 0 Å². The normalized spacial score (nSPS) is 29.2. The largest absolute Gasteiger partial charge is 0.126 e. The van der Waals surface area contributed by atoms with Gasteiger partial charge in [0.15, 0.2) is 0 Å². The van der Waals surface area contributed by atoms with Crippen LogP contribution in [0, 0.1) is 11.3 Å². The molecular formula is C10H19Cl. The maximum atomic E-state index is 5.95. The van der Waals surface area contributed by atoms with Gasteiger partial charge in [0.25, 0.3) is 0 Å². The van der Waals surface area contributed by atoms with Crippen molar-refractivity contribution in [2.75, 3.05) is 5.88 Å². The summed E-state index contributed by atoms with van der Waals surface area (Å²) in [5.41, 5.74) is 0.613. The average molecular weight is 175 g/mol. The van der Waals surface area contributed by atoms with Gasteiger partial charge in [0.2, 0.25) is 0 Å². The third kappa shape index (κ3) is 1.56. The zero-order valence-corrected chi connectivity index (χ0v) is 8.45. The van der Waals surface area contributed by atoms with E-state index in [1.165, 1.54) is 32.1 Å². The van der Waals surface area contributed by atoms with E-state index in [4.69, 9.17) is 11.6 Å². The van der Waals surface area contributed by atoms with E-state index in [2.05, 4.69) is 13.8 Å². The van der Waals surface area contributed by atoms with Crippen molar-refractivity contribution in [1.29, 1.82) is 0 Å². The van der Waals surface area contributed by atoms with Gasteiger partial charge < -0.3 is 0 Å². The minimum absolute atomic E-state index is 0.613. The second kappa shape index (κ2) is 3.80. The van der Waals surface area contributed by atoms with Gasteiger partial charge in [-0.3, -0.25) is 0 Å². The summed E-state index contributed by atoms with van der Waals surface area (Å²) in [4.78, 5) is 0. The first-order valence-electron chi connectivity index (χ1n) is 4.85. The van der Waals surface area contributed by atoms with Crippen LogP contribution in [0.1, 0.15) is 46.0 Å². The van der Waals surface area contributed by atoms with Gasteiger partial charge in [-0.2, -0.15) is 0 Å². The van der Waals surface area contributed by atoms with Crippen molar-refractivity contribution in [3.63, 3.8) is 0 Å². The highest BCUT2D eigenvalue weighted by atomic mass is 35.5. The number of alkyl halides is 1. The highest BCUT2D eigenvalue weighted by molar-refractivity contribution is 6.18. The van der Waals surface area contributed by atoms with Gasteiger partial charge in [0.1, 0.15) is 0 Å². The Labute approximate surface area is 75.3 Å². The summed E-state index contributed by atoms with van der Waals surface area (Å²) in [6.07, 6.45) is 6.82. The zero-order valence-electron chi connectivity index (χ0n) is 7.70. The molecule has 1 heteroatoms. The molecule has 0 spiro atoms.